The van der Waals surface area contributed by atoms with E-state index < -0.39 is 21.0 Å². The molecule has 114 valence electrons. The first-order chi connectivity index (χ1) is 8.74. The zero-order valence-electron chi connectivity index (χ0n) is 11.6. The summed E-state index contributed by atoms with van der Waals surface area (Å²) < 4.78 is 15.6. The van der Waals surface area contributed by atoms with Crippen molar-refractivity contribution in [1.29, 1.82) is 0 Å². The van der Waals surface area contributed by atoms with Crippen molar-refractivity contribution in [2.75, 3.05) is 34.9 Å². The minimum Gasteiger partial charge on any atom is -0.465 e. The predicted molar refractivity (Wildman–Crippen MR) is 69.1 cm³/mol. The van der Waals surface area contributed by atoms with E-state index in [4.69, 9.17) is 28.3 Å². The molecular formula is C9H22N2O7Si. The molecule has 0 heterocycles. The van der Waals surface area contributed by atoms with Crippen LogP contribution in [0.1, 0.15) is 6.42 Å². The normalized spacial score (nSPS) is 10.3. The maximum Gasteiger partial charge on any atom is 0.500 e. The minimum absolute atomic E-state index is 0.445. The Bertz CT molecular complexity index is 261. The van der Waals surface area contributed by atoms with E-state index in [1.165, 1.54) is 11.9 Å². The fraction of sp³-hybridized carbons (Fsp3) is 0.778. The number of carboxylic acid groups (broad SMARTS) is 2. The predicted octanol–water partition coefficient (Wildman–Crippen LogP) is 0.488. The molecule has 0 aromatic rings. The summed E-state index contributed by atoms with van der Waals surface area (Å²) in [5.74, 6) is 0. The number of rotatable bonds is 7. The molecule has 0 atom stereocenters. The molecule has 0 aliphatic rings. The first-order valence-corrected chi connectivity index (χ1v) is 7.25. The number of hydrogen-bond donors (Lipinski definition) is 3. The number of amides is 2. The topological polar surface area (TPSA) is 132 Å². The monoisotopic (exact) mass is 298 g/mol. The first-order valence-electron chi connectivity index (χ1n) is 5.32. The van der Waals surface area contributed by atoms with Crippen LogP contribution >= 0.6 is 0 Å². The molecule has 10 heteroatoms. The van der Waals surface area contributed by atoms with Crippen LogP contribution in [0.25, 0.3) is 0 Å². The number of nitrogens with zero attached hydrogens (tertiary/aromatic N) is 1. The van der Waals surface area contributed by atoms with E-state index in [1.54, 1.807) is 21.3 Å². The molecule has 0 radical (unpaired) electrons. The molecule has 0 unspecified atom stereocenters. The zero-order chi connectivity index (χ0) is 15.5. The van der Waals surface area contributed by atoms with Crippen molar-refractivity contribution in [3.8, 4) is 0 Å². The summed E-state index contributed by atoms with van der Waals surface area (Å²) in [4.78, 5) is 20.5. The third kappa shape index (κ3) is 10.3. The second kappa shape index (κ2) is 10.5. The number of nitrogens with two attached hydrogens (primary N) is 1. The number of primary amides is 1. The molecule has 0 bridgehead atoms. The van der Waals surface area contributed by atoms with E-state index in [0.29, 0.717) is 19.0 Å². The highest BCUT2D eigenvalue weighted by atomic mass is 28.4. The van der Waals surface area contributed by atoms with E-state index in [9.17, 15) is 4.79 Å². The zero-order valence-corrected chi connectivity index (χ0v) is 12.6. The molecule has 0 saturated carbocycles. The van der Waals surface area contributed by atoms with Gasteiger partial charge in [-0.2, -0.15) is 0 Å². The van der Waals surface area contributed by atoms with Crippen molar-refractivity contribution in [2.45, 2.75) is 12.5 Å². The summed E-state index contributed by atoms with van der Waals surface area (Å²) in [5, 5.41) is 15.8. The lowest BCUT2D eigenvalue weighted by Crippen LogP contribution is -2.43. The van der Waals surface area contributed by atoms with Crippen molar-refractivity contribution in [3.05, 3.63) is 0 Å². The summed E-state index contributed by atoms with van der Waals surface area (Å²) in [6.45, 7) is 0.445. The quantitative estimate of drug-likeness (QED) is 0.582. The Balaban J connectivity index is 0. The molecule has 0 rings (SSSR count). The summed E-state index contributed by atoms with van der Waals surface area (Å²) in [5.41, 5.74) is 4.03. The van der Waals surface area contributed by atoms with Crippen LogP contribution in [0.2, 0.25) is 6.04 Å². The molecule has 0 aromatic carbocycles. The van der Waals surface area contributed by atoms with Gasteiger partial charge in [0, 0.05) is 41.0 Å². The van der Waals surface area contributed by atoms with Gasteiger partial charge in [-0.3, -0.25) is 0 Å². The van der Waals surface area contributed by atoms with Gasteiger partial charge in [-0.1, -0.05) is 0 Å². The van der Waals surface area contributed by atoms with Crippen LogP contribution in [-0.2, 0) is 13.3 Å². The highest BCUT2D eigenvalue weighted by Crippen LogP contribution is 2.14. The Morgan fingerprint density at radius 3 is 1.79 bits per heavy atom. The van der Waals surface area contributed by atoms with Crippen LogP contribution < -0.4 is 5.73 Å². The standard InChI is InChI=1S/C8H19NO5Si.CH3NO2/c1-9(8(10)11)6-5-7-15(12-2,13-3)14-4;2-1(3)4/h5-7H2,1-4H3,(H,10,11);2H2,(H,3,4). The Labute approximate surface area is 113 Å². The lowest BCUT2D eigenvalue weighted by molar-refractivity contribution is 0.120. The Morgan fingerprint density at radius 2 is 1.53 bits per heavy atom. The molecule has 0 fully saturated rings. The van der Waals surface area contributed by atoms with Crippen molar-refractivity contribution in [2.24, 2.45) is 5.73 Å². The Kier molecular flexibility index (Phi) is 11.1. The summed E-state index contributed by atoms with van der Waals surface area (Å²) in [6, 6.07) is 0.605. The van der Waals surface area contributed by atoms with Crippen LogP contribution in [0.15, 0.2) is 0 Å². The van der Waals surface area contributed by atoms with E-state index in [0.717, 1.165) is 0 Å². The van der Waals surface area contributed by atoms with Gasteiger partial charge in [0.1, 0.15) is 0 Å². The largest absolute Gasteiger partial charge is 0.500 e. The van der Waals surface area contributed by atoms with Crippen LogP contribution in [0, 0.1) is 0 Å². The van der Waals surface area contributed by atoms with Crippen LogP contribution in [0.4, 0.5) is 9.59 Å². The summed E-state index contributed by atoms with van der Waals surface area (Å²) in [6.07, 6.45) is -1.61. The van der Waals surface area contributed by atoms with E-state index in [-0.39, 0.29) is 0 Å². The van der Waals surface area contributed by atoms with Gasteiger partial charge in [0.2, 0.25) is 0 Å². The van der Waals surface area contributed by atoms with Gasteiger partial charge in [0.05, 0.1) is 0 Å². The molecule has 2 amide bonds. The van der Waals surface area contributed by atoms with Gasteiger partial charge in [0.15, 0.2) is 0 Å². The van der Waals surface area contributed by atoms with Gasteiger partial charge >= 0.3 is 21.0 Å². The first kappa shape index (κ1) is 20.0. The Hall–Kier alpha value is -1.36. The van der Waals surface area contributed by atoms with E-state index >= 15 is 0 Å². The lowest BCUT2D eigenvalue weighted by atomic mass is 10.4. The van der Waals surface area contributed by atoms with E-state index in [1.807, 2.05) is 0 Å². The van der Waals surface area contributed by atoms with Gasteiger partial charge in [-0.05, 0) is 6.42 Å². The van der Waals surface area contributed by atoms with Crippen molar-refractivity contribution in [3.63, 3.8) is 0 Å². The minimum atomic E-state index is -2.54. The molecule has 4 N–H and O–H groups in total. The van der Waals surface area contributed by atoms with Crippen molar-refractivity contribution >= 4 is 21.0 Å². The molecule has 0 aliphatic heterocycles. The lowest BCUT2D eigenvalue weighted by Gasteiger charge is -2.24. The highest BCUT2D eigenvalue weighted by Gasteiger charge is 2.37. The average Bonchev–Trinajstić information content (AvgIpc) is 2.34. The van der Waals surface area contributed by atoms with E-state index in [2.05, 4.69) is 5.73 Å². The smallest absolute Gasteiger partial charge is 0.465 e. The SMILES string of the molecule is CO[Si](CCCN(C)C(=O)O)(OC)OC.NC(=O)O. The summed E-state index contributed by atoms with van der Waals surface area (Å²) in [7, 11) is 3.61. The van der Waals surface area contributed by atoms with Crippen molar-refractivity contribution < 1.29 is 33.1 Å². The average molecular weight is 298 g/mol. The van der Waals surface area contributed by atoms with Crippen LogP contribution in [0.5, 0.6) is 0 Å². The molecule has 9 nitrogen and oxygen atoms in total. The van der Waals surface area contributed by atoms with Gasteiger partial charge < -0.3 is 34.1 Å². The fourth-order valence-corrected chi connectivity index (χ4v) is 2.89. The third-order valence-electron chi connectivity index (χ3n) is 2.24. The Morgan fingerprint density at radius 1 is 1.16 bits per heavy atom. The third-order valence-corrected chi connectivity index (χ3v) is 5.07. The number of carbonyl (C=O) groups is 2. The molecule has 19 heavy (non-hydrogen) atoms. The maximum absolute atomic E-state index is 10.5. The summed E-state index contributed by atoms with van der Waals surface area (Å²) >= 11 is 0. The molecule has 0 spiro atoms. The second-order valence-electron chi connectivity index (χ2n) is 3.44. The maximum atomic E-state index is 10.5. The molecular weight excluding hydrogens is 276 g/mol. The fourth-order valence-electron chi connectivity index (χ4n) is 1.18. The van der Waals surface area contributed by atoms with Crippen LogP contribution in [-0.4, -0.2) is 71.0 Å². The van der Waals surface area contributed by atoms with Gasteiger partial charge in [-0.25, -0.2) is 9.59 Å². The highest BCUT2D eigenvalue weighted by molar-refractivity contribution is 6.60. The van der Waals surface area contributed by atoms with Crippen LogP contribution in [0.3, 0.4) is 0 Å². The molecule has 0 aromatic heterocycles. The number of hydrogen-bond acceptors (Lipinski definition) is 5. The van der Waals surface area contributed by atoms with Crippen molar-refractivity contribution in [1.82, 2.24) is 4.90 Å². The molecule has 0 saturated heterocycles. The second-order valence-corrected chi connectivity index (χ2v) is 6.53. The van der Waals surface area contributed by atoms with Gasteiger partial charge in [0.25, 0.3) is 0 Å². The molecule has 0 aliphatic carbocycles. The van der Waals surface area contributed by atoms with Gasteiger partial charge in [-0.15, -0.1) is 0 Å².